The van der Waals surface area contributed by atoms with Gasteiger partial charge in [-0.15, -0.1) is 11.3 Å². The molecule has 2 aromatic heterocycles. The third-order valence-electron chi connectivity index (χ3n) is 3.15. The quantitative estimate of drug-likeness (QED) is 0.783. The van der Waals surface area contributed by atoms with E-state index in [-0.39, 0.29) is 4.88 Å². The molecule has 4 nitrogen and oxygen atoms in total. The molecule has 0 fully saturated rings. The van der Waals surface area contributed by atoms with Crippen LogP contribution in [0.1, 0.15) is 16.6 Å². The van der Waals surface area contributed by atoms with Crippen LogP contribution in [-0.4, -0.2) is 22.7 Å². The molecule has 0 radical (unpaired) electrons. The zero-order valence-corrected chi connectivity index (χ0v) is 12.5. The number of carboxylic acids is 1. The van der Waals surface area contributed by atoms with Crippen LogP contribution in [0, 0.1) is 5.82 Å². The van der Waals surface area contributed by atoms with E-state index in [1.54, 1.807) is 30.5 Å². The highest BCUT2D eigenvalue weighted by atomic mass is 32.1. The number of hydrogen-bond acceptors (Lipinski definition) is 4. The van der Waals surface area contributed by atoms with Crippen LogP contribution >= 0.6 is 11.3 Å². The van der Waals surface area contributed by atoms with E-state index in [2.05, 4.69) is 4.98 Å². The fourth-order valence-electron chi connectivity index (χ4n) is 2.17. The zero-order valence-electron chi connectivity index (χ0n) is 11.7. The summed E-state index contributed by atoms with van der Waals surface area (Å²) in [5.41, 5.74) is 1.00. The van der Waals surface area contributed by atoms with Gasteiger partial charge in [-0.25, -0.2) is 14.2 Å². The number of aromatic carboxylic acids is 1. The molecule has 3 aromatic rings. The third kappa shape index (κ3) is 2.65. The maximum Gasteiger partial charge on any atom is 0.345 e. The van der Waals surface area contributed by atoms with Crippen LogP contribution in [0.5, 0.6) is 5.75 Å². The summed E-state index contributed by atoms with van der Waals surface area (Å²) in [4.78, 5) is 16.0. The first-order chi connectivity index (χ1) is 10.6. The number of nitrogens with zero attached hydrogens (tertiary/aromatic N) is 1. The van der Waals surface area contributed by atoms with Crippen LogP contribution in [0.25, 0.3) is 21.3 Å². The van der Waals surface area contributed by atoms with Gasteiger partial charge in [0, 0.05) is 28.8 Å². The number of halogens is 1. The van der Waals surface area contributed by atoms with Gasteiger partial charge in [0.05, 0.1) is 6.61 Å². The molecule has 1 aromatic carbocycles. The van der Waals surface area contributed by atoms with Crippen LogP contribution in [0.3, 0.4) is 0 Å². The lowest BCUT2D eigenvalue weighted by atomic mass is 10.1. The molecule has 0 amide bonds. The van der Waals surface area contributed by atoms with E-state index in [9.17, 15) is 9.18 Å². The lowest BCUT2D eigenvalue weighted by Gasteiger charge is -2.07. The van der Waals surface area contributed by atoms with Crippen molar-refractivity contribution in [2.45, 2.75) is 6.92 Å². The number of aromatic nitrogens is 1. The highest BCUT2D eigenvalue weighted by molar-refractivity contribution is 7.20. The molecule has 22 heavy (non-hydrogen) atoms. The van der Waals surface area contributed by atoms with Gasteiger partial charge < -0.3 is 9.84 Å². The van der Waals surface area contributed by atoms with E-state index in [4.69, 9.17) is 9.84 Å². The monoisotopic (exact) mass is 317 g/mol. The van der Waals surface area contributed by atoms with Crippen LogP contribution in [-0.2, 0) is 0 Å². The Labute approximate surface area is 129 Å². The minimum absolute atomic E-state index is 0.215. The average molecular weight is 317 g/mol. The van der Waals surface area contributed by atoms with Crippen molar-refractivity contribution < 1.29 is 19.0 Å². The maximum absolute atomic E-state index is 14.2. The number of rotatable bonds is 4. The summed E-state index contributed by atoms with van der Waals surface area (Å²) in [7, 11) is 0. The highest BCUT2D eigenvalue weighted by Gasteiger charge is 2.12. The highest BCUT2D eigenvalue weighted by Crippen LogP contribution is 2.31. The molecule has 1 N–H and O–H groups in total. The fraction of sp³-hybridized carbons (Fsp3) is 0.125. The topological polar surface area (TPSA) is 59.4 Å². The van der Waals surface area contributed by atoms with Crippen molar-refractivity contribution in [1.29, 1.82) is 0 Å². The number of ether oxygens (including phenoxy) is 1. The molecule has 0 aliphatic heterocycles. The molecule has 0 bridgehead atoms. The predicted octanol–water partition coefficient (Wildman–Crippen LogP) is 4.20. The Hall–Kier alpha value is -2.47. The van der Waals surface area contributed by atoms with Gasteiger partial charge in [-0.05, 0) is 31.2 Å². The van der Waals surface area contributed by atoms with Crippen molar-refractivity contribution in [1.82, 2.24) is 4.98 Å². The van der Waals surface area contributed by atoms with Gasteiger partial charge in [0.2, 0.25) is 0 Å². The second-order valence-corrected chi connectivity index (χ2v) is 5.64. The van der Waals surface area contributed by atoms with E-state index >= 15 is 0 Å². The summed E-state index contributed by atoms with van der Waals surface area (Å²) in [5.74, 6) is -0.918. The van der Waals surface area contributed by atoms with Crippen molar-refractivity contribution in [2.75, 3.05) is 6.61 Å². The van der Waals surface area contributed by atoms with Crippen molar-refractivity contribution >= 4 is 27.5 Å². The second-order valence-electron chi connectivity index (χ2n) is 4.61. The molecule has 0 saturated heterocycles. The van der Waals surface area contributed by atoms with E-state index < -0.39 is 11.8 Å². The SMILES string of the molecule is CCOc1ccc(-c2cnc3sc(C(=O)O)cc3c2)c(F)c1. The summed E-state index contributed by atoms with van der Waals surface area (Å²) < 4.78 is 19.5. The lowest BCUT2D eigenvalue weighted by Crippen LogP contribution is -1.93. The summed E-state index contributed by atoms with van der Waals surface area (Å²) in [6.07, 6.45) is 1.54. The number of carboxylic acid groups (broad SMARTS) is 1. The van der Waals surface area contributed by atoms with E-state index in [0.717, 1.165) is 11.3 Å². The molecule has 0 aliphatic carbocycles. The zero-order chi connectivity index (χ0) is 15.7. The predicted molar refractivity (Wildman–Crippen MR) is 83.1 cm³/mol. The third-order valence-corrected chi connectivity index (χ3v) is 4.19. The van der Waals surface area contributed by atoms with Crippen LogP contribution in [0.2, 0.25) is 0 Å². The molecule has 3 rings (SSSR count). The Morgan fingerprint density at radius 1 is 1.36 bits per heavy atom. The molecule has 0 atom stereocenters. The number of hydrogen-bond donors (Lipinski definition) is 1. The molecule has 2 heterocycles. The maximum atomic E-state index is 14.2. The Kier molecular flexibility index (Phi) is 3.77. The summed E-state index contributed by atoms with van der Waals surface area (Å²) in [6, 6.07) is 7.95. The minimum atomic E-state index is -0.989. The van der Waals surface area contributed by atoms with Crippen molar-refractivity contribution in [3.05, 3.63) is 47.2 Å². The molecule has 0 saturated carbocycles. The normalized spacial score (nSPS) is 10.8. The van der Waals surface area contributed by atoms with Crippen molar-refractivity contribution in [3.8, 4) is 16.9 Å². The van der Waals surface area contributed by atoms with Crippen LogP contribution < -0.4 is 4.74 Å². The van der Waals surface area contributed by atoms with Gasteiger partial charge in [0.1, 0.15) is 21.3 Å². The van der Waals surface area contributed by atoms with Crippen molar-refractivity contribution in [2.24, 2.45) is 0 Å². The summed E-state index contributed by atoms with van der Waals surface area (Å²) in [5, 5.41) is 9.69. The van der Waals surface area contributed by atoms with Gasteiger partial charge in [-0.2, -0.15) is 0 Å². The van der Waals surface area contributed by atoms with Crippen LogP contribution in [0.15, 0.2) is 36.5 Å². The van der Waals surface area contributed by atoms with Gasteiger partial charge in [0.25, 0.3) is 0 Å². The molecular formula is C16H12FNO3S. The standard InChI is InChI=1S/C16H12FNO3S/c1-2-21-11-3-4-12(13(17)7-11)10-5-9-6-14(16(19)20)22-15(9)18-8-10/h3-8H,2H2,1H3,(H,19,20). The average Bonchev–Trinajstić information content (AvgIpc) is 2.91. The summed E-state index contributed by atoms with van der Waals surface area (Å²) >= 11 is 1.10. The second kappa shape index (κ2) is 5.73. The fourth-order valence-corrected chi connectivity index (χ4v) is 2.99. The number of thiophene rings is 1. The first-order valence-corrected chi connectivity index (χ1v) is 7.45. The first kappa shape index (κ1) is 14.5. The minimum Gasteiger partial charge on any atom is -0.494 e. The van der Waals surface area contributed by atoms with Gasteiger partial charge in [-0.1, -0.05) is 0 Å². The molecule has 0 spiro atoms. The Morgan fingerprint density at radius 3 is 2.86 bits per heavy atom. The Morgan fingerprint density at radius 2 is 2.18 bits per heavy atom. The summed E-state index contributed by atoms with van der Waals surface area (Å²) in [6.45, 7) is 2.31. The number of carbonyl (C=O) groups is 1. The molecule has 0 unspecified atom stereocenters. The molecule has 0 aliphatic rings. The van der Waals surface area contributed by atoms with Crippen LogP contribution in [0.4, 0.5) is 4.39 Å². The van der Waals surface area contributed by atoms with Gasteiger partial charge in [0.15, 0.2) is 0 Å². The largest absolute Gasteiger partial charge is 0.494 e. The smallest absolute Gasteiger partial charge is 0.345 e. The number of fused-ring (bicyclic) bond motifs is 1. The molecule has 6 heteroatoms. The van der Waals surface area contributed by atoms with Crippen molar-refractivity contribution in [3.63, 3.8) is 0 Å². The lowest BCUT2D eigenvalue weighted by molar-refractivity contribution is 0.0702. The van der Waals surface area contributed by atoms with Gasteiger partial charge in [-0.3, -0.25) is 0 Å². The number of benzene rings is 1. The number of pyridine rings is 1. The van der Waals surface area contributed by atoms with E-state index in [1.165, 1.54) is 6.07 Å². The Bertz CT molecular complexity index is 860. The van der Waals surface area contributed by atoms with E-state index in [1.807, 2.05) is 6.92 Å². The van der Waals surface area contributed by atoms with E-state index in [0.29, 0.717) is 33.7 Å². The first-order valence-electron chi connectivity index (χ1n) is 6.64. The molecule has 112 valence electrons. The molecular weight excluding hydrogens is 305 g/mol. The Balaban J connectivity index is 2.04. The van der Waals surface area contributed by atoms with Gasteiger partial charge >= 0.3 is 5.97 Å².